The topological polar surface area (TPSA) is 141 Å². The van der Waals surface area contributed by atoms with Gasteiger partial charge in [0, 0.05) is 17.9 Å². The number of nitrogens with zero attached hydrogens (tertiary/aromatic N) is 3. The number of carbonyl (C=O) groups excluding carboxylic acids is 2. The molecule has 0 aromatic carbocycles. The van der Waals surface area contributed by atoms with E-state index >= 15 is 0 Å². The van der Waals surface area contributed by atoms with E-state index in [0.29, 0.717) is 25.8 Å². The summed E-state index contributed by atoms with van der Waals surface area (Å²) in [6, 6.07) is -1.31. The van der Waals surface area contributed by atoms with Crippen LogP contribution in [0.25, 0.3) is 10.4 Å². The quantitative estimate of drug-likeness (QED) is 0.208. The highest BCUT2D eigenvalue weighted by Gasteiger charge is 2.26. The highest BCUT2D eigenvalue weighted by molar-refractivity contribution is 5.87. The molecule has 130 valence electrons. The number of carbonyl (C=O) groups is 3. The van der Waals surface area contributed by atoms with Gasteiger partial charge >= 0.3 is 11.9 Å². The molecule has 0 aliphatic rings. The SMILES string of the molecule is CC(C)(C)OC(=O)C[C@H](NC(=O)CCCCCN=[N+]=[N-])C(=O)O. The number of carboxylic acid groups (broad SMARTS) is 1. The Labute approximate surface area is 135 Å². The summed E-state index contributed by atoms with van der Waals surface area (Å²) in [5.74, 6) is -2.41. The summed E-state index contributed by atoms with van der Waals surface area (Å²) in [4.78, 5) is 37.1. The zero-order valence-electron chi connectivity index (χ0n) is 13.7. The van der Waals surface area contributed by atoms with Crippen molar-refractivity contribution >= 4 is 17.8 Å². The Kier molecular flexibility index (Phi) is 9.41. The van der Waals surface area contributed by atoms with Crippen LogP contribution in [0.15, 0.2) is 5.11 Å². The van der Waals surface area contributed by atoms with Gasteiger partial charge < -0.3 is 15.2 Å². The van der Waals surface area contributed by atoms with Crippen LogP contribution in [0.1, 0.15) is 52.9 Å². The maximum atomic E-state index is 11.7. The lowest BCUT2D eigenvalue weighted by Crippen LogP contribution is -2.43. The van der Waals surface area contributed by atoms with E-state index in [1.165, 1.54) is 0 Å². The molecule has 23 heavy (non-hydrogen) atoms. The van der Waals surface area contributed by atoms with E-state index < -0.39 is 35.9 Å². The Bertz CT molecular complexity index is 466. The van der Waals surface area contributed by atoms with Crippen LogP contribution in [0.4, 0.5) is 0 Å². The first-order valence-corrected chi connectivity index (χ1v) is 7.40. The largest absolute Gasteiger partial charge is 0.480 e. The van der Waals surface area contributed by atoms with Gasteiger partial charge in [-0.25, -0.2) is 4.79 Å². The van der Waals surface area contributed by atoms with Crippen LogP contribution in [-0.2, 0) is 19.1 Å². The molecule has 0 heterocycles. The third-order valence-corrected chi connectivity index (χ3v) is 2.65. The average Bonchev–Trinajstić information content (AvgIpc) is 2.39. The van der Waals surface area contributed by atoms with Crippen molar-refractivity contribution in [2.24, 2.45) is 5.11 Å². The van der Waals surface area contributed by atoms with Gasteiger partial charge in [-0.3, -0.25) is 9.59 Å². The summed E-state index contributed by atoms with van der Waals surface area (Å²) >= 11 is 0. The van der Waals surface area contributed by atoms with Crippen LogP contribution < -0.4 is 5.32 Å². The first kappa shape index (κ1) is 20.7. The number of nitrogens with one attached hydrogen (secondary N) is 1. The monoisotopic (exact) mass is 328 g/mol. The molecular weight excluding hydrogens is 304 g/mol. The molecule has 0 saturated carbocycles. The van der Waals surface area contributed by atoms with E-state index in [0.717, 1.165) is 0 Å². The van der Waals surface area contributed by atoms with Gasteiger partial charge in [0.15, 0.2) is 0 Å². The number of hydrogen-bond acceptors (Lipinski definition) is 5. The number of rotatable bonds is 10. The van der Waals surface area contributed by atoms with Gasteiger partial charge in [0.05, 0.1) is 6.42 Å². The van der Waals surface area contributed by atoms with E-state index in [4.69, 9.17) is 15.4 Å². The molecule has 9 nitrogen and oxygen atoms in total. The van der Waals surface area contributed by atoms with Crippen molar-refractivity contribution in [1.82, 2.24) is 5.32 Å². The van der Waals surface area contributed by atoms with Crippen molar-refractivity contribution < 1.29 is 24.2 Å². The number of hydrogen-bond donors (Lipinski definition) is 2. The predicted molar refractivity (Wildman–Crippen MR) is 82.5 cm³/mol. The Morgan fingerprint density at radius 1 is 1.26 bits per heavy atom. The van der Waals surface area contributed by atoms with Crippen LogP contribution in [-0.4, -0.2) is 41.1 Å². The minimum absolute atomic E-state index is 0.147. The first-order valence-electron chi connectivity index (χ1n) is 7.40. The van der Waals surface area contributed by atoms with Crippen LogP contribution in [0, 0.1) is 0 Å². The van der Waals surface area contributed by atoms with Crippen molar-refractivity contribution in [3.63, 3.8) is 0 Å². The summed E-state index contributed by atoms with van der Waals surface area (Å²) < 4.78 is 5.04. The minimum atomic E-state index is -1.31. The summed E-state index contributed by atoms with van der Waals surface area (Å²) in [7, 11) is 0. The minimum Gasteiger partial charge on any atom is -0.480 e. The third-order valence-electron chi connectivity index (χ3n) is 2.65. The van der Waals surface area contributed by atoms with Gasteiger partial charge in [-0.15, -0.1) is 0 Å². The van der Waals surface area contributed by atoms with Gasteiger partial charge in [-0.1, -0.05) is 11.5 Å². The Morgan fingerprint density at radius 3 is 2.43 bits per heavy atom. The molecule has 9 heteroatoms. The average molecular weight is 328 g/mol. The molecule has 2 N–H and O–H groups in total. The van der Waals surface area contributed by atoms with Crippen molar-refractivity contribution in [3.05, 3.63) is 10.4 Å². The van der Waals surface area contributed by atoms with E-state index in [1.807, 2.05) is 0 Å². The van der Waals surface area contributed by atoms with Crippen molar-refractivity contribution in [1.29, 1.82) is 0 Å². The molecular formula is C14H24N4O5. The Hall–Kier alpha value is -2.28. The Balaban J connectivity index is 4.21. The number of aliphatic carboxylic acids is 1. The fraction of sp³-hybridized carbons (Fsp3) is 0.786. The van der Waals surface area contributed by atoms with E-state index in [-0.39, 0.29) is 6.42 Å². The van der Waals surface area contributed by atoms with Crippen molar-refractivity contribution in [2.45, 2.75) is 64.5 Å². The third kappa shape index (κ3) is 12.0. The highest BCUT2D eigenvalue weighted by Crippen LogP contribution is 2.10. The van der Waals surface area contributed by atoms with Crippen LogP contribution in [0.3, 0.4) is 0 Å². The lowest BCUT2D eigenvalue weighted by atomic mass is 10.1. The van der Waals surface area contributed by atoms with Crippen LogP contribution in [0.2, 0.25) is 0 Å². The van der Waals surface area contributed by atoms with E-state index in [2.05, 4.69) is 15.3 Å². The fourth-order valence-corrected chi connectivity index (χ4v) is 1.71. The molecule has 0 bridgehead atoms. The first-order chi connectivity index (χ1) is 10.7. The zero-order valence-corrected chi connectivity index (χ0v) is 13.7. The molecule has 0 rings (SSSR count). The second kappa shape index (κ2) is 10.4. The molecule has 0 aliphatic heterocycles. The molecule has 0 aromatic heterocycles. The number of amides is 1. The smallest absolute Gasteiger partial charge is 0.326 e. The number of ether oxygens (including phenoxy) is 1. The van der Waals surface area contributed by atoms with Crippen molar-refractivity contribution in [3.8, 4) is 0 Å². The summed E-state index contributed by atoms with van der Waals surface area (Å²) in [5, 5.41) is 14.8. The number of azide groups is 1. The molecule has 1 amide bonds. The predicted octanol–water partition coefficient (Wildman–Crippen LogP) is 2.16. The lowest BCUT2D eigenvalue weighted by molar-refractivity contribution is -0.158. The Morgan fingerprint density at radius 2 is 1.91 bits per heavy atom. The summed E-state index contributed by atoms with van der Waals surface area (Å²) in [6.07, 6.45) is 1.63. The molecule has 0 fully saturated rings. The van der Waals surface area contributed by atoms with Gasteiger partial charge in [0.1, 0.15) is 11.6 Å². The maximum Gasteiger partial charge on any atom is 0.326 e. The zero-order chi connectivity index (χ0) is 17.9. The second-order valence-electron chi connectivity index (χ2n) is 6.01. The lowest BCUT2D eigenvalue weighted by Gasteiger charge is -2.21. The molecule has 0 spiro atoms. The van der Waals surface area contributed by atoms with Gasteiger partial charge in [0.25, 0.3) is 0 Å². The summed E-state index contributed by atoms with van der Waals surface area (Å²) in [5.41, 5.74) is 7.39. The number of unbranched alkanes of at least 4 members (excludes halogenated alkanes) is 2. The maximum absolute atomic E-state index is 11.7. The standard InChI is InChI=1S/C14H24N4O5/c1-14(2,3)23-12(20)9-10(13(21)22)17-11(19)7-5-4-6-8-16-18-15/h10H,4-9H2,1-3H3,(H,17,19)(H,21,22)/t10-/m0/s1. The van der Waals surface area contributed by atoms with Crippen molar-refractivity contribution in [2.75, 3.05) is 6.54 Å². The number of carboxylic acids is 1. The molecule has 0 saturated heterocycles. The highest BCUT2D eigenvalue weighted by atomic mass is 16.6. The fourth-order valence-electron chi connectivity index (χ4n) is 1.71. The van der Waals surface area contributed by atoms with Crippen LogP contribution >= 0.6 is 0 Å². The molecule has 0 aliphatic carbocycles. The van der Waals surface area contributed by atoms with Gasteiger partial charge in [-0.2, -0.15) is 0 Å². The molecule has 1 atom stereocenters. The molecule has 0 radical (unpaired) electrons. The molecule has 0 unspecified atom stereocenters. The van der Waals surface area contributed by atoms with E-state index in [1.54, 1.807) is 20.8 Å². The van der Waals surface area contributed by atoms with Gasteiger partial charge in [0.2, 0.25) is 5.91 Å². The normalized spacial score (nSPS) is 12.0. The molecule has 0 aromatic rings. The second-order valence-corrected chi connectivity index (χ2v) is 6.01. The number of esters is 1. The van der Waals surface area contributed by atoms with Gasteiger partial charge in [-0.05, 0) is 39.1 Å². The van der Waals surface area contributed by atoms with Crippen LogP contribution in [0.5, 0.6) is 0 Å². The van der Waals surface area contributed by atoms with E-state index in [9.17, 15) is 14.4 Å². The summed E-state index contributed by atoms with van der Waals surface area (Å²) in [6.45, 7) is 5.40.